The molecule has 0 aliphatic heterocycles. The maximum absolute atomic E-state index is 5.51. The Morgan fingerprint density at radius 2 is 1.95 bits per heavy atom. The lowest BCUT2D eigenvalue weighted by molar-refractivity contribution is 0.379. The zero-order valence-corrected chi connectivity index (χ0v) is 11.5. The minimum atomic E-state index is 0.423. The summed E-state index contributed by atoms with van der Waals surface area (Å²) in [4.78, 5) is 13.1. The molecule has 8 nitrogen and oxygen atoms in total. The molecule has 1 aliphatic rings. The molecule has 0 radical (unpaired) electrons. The Morgan fingerprint density at radius 3 is 2.55 bits per heavy atom. The lowest BCUT2D eigenvalue weighted by Crippen LogP contribution is -2.14. The van der Waals surface area contributed by atoms with Crippen molar-refractivity contribution >= 4 is 11.6 Å². The molecule has 1 aliphatic carbocycles. The molecule has 1 saturated carbocycles. The summed E-state index contributed by atoms with van der Waals surface area (Å²) >= 11 is 0. The number of hydrazine groups is 1. The second-order valence-corrected chi connectivity index (χ2v) is 4.91. The highest BCUT2D eigenvalue weighted by molar-refractivity contribution is 5.57. The number of nitrogens with two attached hydrogens (primary N) is 1. The van der Waals surface area contributed by atoms with E-state index in [9.17, 15) is 0 Å². The summed E-state index contributed by atoms with van der Waals surface area (Å²) in [5, 5.41) is 6.95. The molecule has 4 N–H and O–H groups in total. The van der Waals surface area contributed by atoms with Gasteiger partial charge in [0.25, 0.3) is 0 Å². The topological polar surface area (TPSA) is 115 Å². The van der Waals surface area contributed by atoms with Crippen molar-refractivity contribution in [3.63, 3.8) is 0 Å². The third kappa shape index (κ3) is 2.55. The van der Waals surface area contributed by atoms with E-state index in [1.54, 1.807) is 6.92 Å². The molecule has 2 heterocycles. The van der Waals surface area contributed by atoms with Gasteiger partial charge in [-0.2, -0.15) is 4.98 Å². The van der Waals surface area contributed by atoms with Crippen LogP contribution in [0.1, 0.15) is 41.9 Å². The summed E-state index contributed by atoms with van der Waals surface area (Å²) in [7, 11) is 0. The Kier molecular flexibility index (Phi) is 3.23. The van der Waals surface area contributed by atoms with Crippen LogP contribution in [-0.4, -0.2) is 20.1 Å². The average molecular weight is 275 g/mol. The van der Waals surface area contributed by atoms with Crippen LogP contribution >= 0.6 is 0 Å². The van der Waals surface area contributed by atoms with E-state index in [4.69, 9.17) is 10.4 Å². The van der Waals surface area contributed by atoms with Crippen LogP contribution in [0.25, 0.3) is 0 Å². The number of anilines is 2. The number of nitrogens with one attached hydrogen (secondary N) is 2. The molecule has 0 amide bonds. The molecule has 0 saturated heterocycles. The van der Waals surface area contributed by atoms with Crippen molar-refractivity contribution in [3.8, 4) is 0 Å². The minimum Gasteiger partial charge on any atom is -0.361 e. The van der Waals surface area contributed by atoms with E-state index in [1.165, 1.54) is 0 Å². The van der Waals surface area contributed by atoms with Crippen molar-refractivity contribution in [3.05, 3.63) is 23.1 Å². The molecule has 3 rings (SSSR count). The van der Waals surface area contributed by atoms with E-state index in [1.807, 2.05) is 6.92 Å². The Morgan fingerprint density at radius 1 is 1.20 bits per heavy atom. The molecule has 2 aromatic heterocycles. The standard InChI is InChI=1S/C12H17N7O/c1-6-10(14-5-9-15-7(2)19-20-9)16-12(8-3-4-8)17-11(6)18-13/h8H,3-5,13H2,1-2H3,(H2,14,16,17,18). The van der Waals surface area contributed by atoms with Gasteiger partial charge in [0.2, 0.25) is 5.89 Å². The Balaban J connectivity index is 1.81. The van der Waals surface area contributed by atoms with Gasteiger partial charge in [-0.3, -0.25) is 0 Å². The van der Waals surface area contributed by atoms with Gasteiger partial charge in [-0.05, 0) is 26.7 Å². The number of hydrogen-bond donors (Lipinski definition) is 3. The third-order valence-corrected chi connectivity index (χ3v) is 3.22. The lowest BCUT2D eigenvalue weighted by Gasteiger charge is -2.12. The SMILES string of the molecule is Cc1noc(CNc2nc(C3CC3)nc(NN)c2C)n1. The van der Waals surface area contributed by atoms with Crippen LogP contribution in [0.4, 0.5) is 11.6 Å². The van der Waals surface area contributed by atoms with E-state index >= 15 is 0 Å². The first kappa shape index (κ1) is 12.8. The van der Waals surface area contributed by atoms with Crippen molar-refractivity contribution < 1.29 is 4.52 Å². The summed E-state index contributed by atoms with van der Waals surface area (Å²) in [6.45, 7) is 4.12. The minimum absolute atomic E-state index is 0.423. The van der Waals surface area contributed by atoms with Gasteiger partial charge in [-0.25, -0.2) is 15.8 Å². The molecule has 0 aromatic carbocycles. The number of nitrogen functional groups attached to an aromatic ring is 1. The zero-order chi connectivity index (χ0) is 14.1. The molecule has 2 aromatic rings. The van der Waals surface area contributed by atoms with Crippen LogP contribution in [0.5, 0.6) is 0 Å². The molecule has 0 atom stereocenters. The molecular weight excluding hydrogens is 258 g/mol. The van der Waals surface area contributed by atoms with Crippen LogP contribution in [-0.2, 0) is 6.54 Å². The fourth-order valence-corrected chi connectivity index (χ4v) is 1.94. The molecule has 0 unspecified atom stereocenters. The predicted octanol–water partition coefficient (Wildman–Crippen LogP) is 1.25. The van der Waals surface area contributed by atoms with Crippen molar-refractivity contribution in [1.82, 2.24) is 20.1 Å². The lowest BCUT2D eigenvalue weighted by atomic mass is 10.3. The number of aromatic nitrogens is 4. The van der Waals surface area contributed by atoms with E-state index in [0.717, 1.165) is 30.0 Å². The largest absolute Gasteiger partial charge is 0.361 e. The fourth-order valence-electron chi connectivity index (χ4n) is 1.94. The van der Waals surface area contributed by atoms with Gasteiger partial charge in [-0.1, -0.05) is 5.16 Å². The molecule has 0 spiro atoms. The number of nitrogens with zero attached hydrogens (tertiary/aromatic N) is 4. The van der Waals surface area contributed by atoms with E-state index in [2.05, 4.69) is 30.9 Å². The third-order valence-electron chi connectivity index (χ3n) is 3.22. The fraction of sp³-hybridized carbons (Fsp3) is 0.500. The van der Waals surface area contributed by atoms with Gasteiger partial charge in [-0.15, -0.1) is 0 Å². The monoisotopic (exact) mass is 275 g/mol. The van der Waals surface area contributed by atoms with Crippen LogP contribution in [0.15, 0.2) is 4.52 Å². The van der Waals surface area contributed by atoms with E-state index in [-0.39, 0.29) is 0 Å². The van der Waals surface area contributed by atoms with Gasteiger partial charge in [0, 0.05) is 11.5 Å². The molecule has 1 fully saturated rings. The Labute approximate surface area is 116 Å². The van der Waals surface area contributed by atoms with E-state index < -0.39 is 0 Å². The summed E-state index contributed by atoms with van der Waals surface area (Å²) in [6, 6.07) is 0. The number of hydrogen-bond acceptors (Lipinski definition) is 8. The van der Waals surface area contributed by atoms with Crippen LogP contribution < -0.4 is 16.6 Å². The molecule has 106 valence electrons. The Hall–Kier alpha value is -2.22. The molecule has 0 bridgehead atoms. The quantitative estimate of drug-likeness (QED) is 0.551. The second-order valence-electron chi connectivity index (χ2n) is 4.91. The first-order valence-corrected chi connectivity index (χ1v) is 6.55. The summed E-state index contributed by atoms with van der Waals surface area (Å²) in [5.41, 5.74) is 3.49. The smallest absolute Gasteiger partial charge is 0.245 e. The van der Waals surface area contributed by atoms with Crippen molar-refractivity contribution in [2.24, 2.45) is 5.84 Å². The highest BCUT2D eigenvalue weighted by Crippen LogP contribution is 2.39. The molecular formula is C12H17N7O. The molecule has 20 heavy (non-hydrogen) atoms. The first-order chi connectivity index (χ1) is 9.67. The van der Waals surface area contributed by atoms with Gasteiger partial charge >= 0.3 is 0 Å². The average Bonchev–Trinajstić information content (AvgIpc) is 3.21. The van der Waals surface area contributed by atoms with E-state index in [0.29, 0.717) is 30.0 Å². The summed E-state index contributed by atoms with van der Waals surface area (Å²) < 4.78 is 5.07. The van der Waals surface area contributed by atoms with Crippen LogP contribution in [0, 0.1) is 13.8 Å². The maximum Gasteiger partial charge on any atom is 0.245 e. The first-order valence-electron chi connectivity index (χ1n) is 6.55. The summed E-state index contributed by atoms with van der Waals surface area (Å²) in [5.74, 6) is 9.31. The summed E-state index contributed by atoms with van der Waals surface area (Å²) in [6.07, 6.45) is 2.27. The highest BCUT2D eigenvalue weighted by Gasteiger charge is 2.28. The predicted molar refractivity (Wildman–Crippen MR) is 72.9 cm³/mol. The second kappa shape index (κ2) is 5.04. The van der Waals surface area contributed by atoms with Crippen LogP contribution in [0.3, 0.4) is 0 Å². The van der Waals surface area contributed by atoms with Crippen molar-refractivity contribution in [2.75, 3.05) is 10.7 Å². The van der Waals surface area contributed by atoms with Crippen molar-refractivity contribution in [2.45, 2.75) is 39.2 Å². The van der Waals surface area contributed by atoms with Gasteiger partial charge in [0.15, 0.2) is 5.82 Å². The number of aryl methyl sites for hydroxylation is 1. The zero-order valence-electron chi connectivity index (χ0n) is 11.5. The Bertz CT molecular complexity index is 620. The van der Waals surface area contributed by atoms with Crippen molar-refractivity contribution in [1.29, 1.82) is 0 Å². The maximum atomic E-state index is 5.51. The number of rotatable bonds is 5. The van der Waals surface area contributed by atoms with Gasteiger partial charge in [0.1, 0.15) is 17.5 Å². The van der Waals surface area contributed by atoms with Gasteiger partial charge in [0.05, 0.1) is 6.54 Å². The van der Waals surface area contributed by atoms with Gasteiger partial charge < -0.3 is 15.3 Å². The normalized spacial score (nSPS) is 14.3. The van der Waals surface area contributed by atoms with Crippen LogP contribution in [0.2, 0.25) is 0 Å². The molecule has 8 heteroatoms. The highest BCUT2D eigenvalue weighted by atomic mass is 16.5.